The third-order valence-electron chi connectivity index (χ3n) is 2.93. The van der Waals surface area contributed by atoms with Crippen LogP contribution in [0.4, 0.5) is 5.69 Å². The van der Waals surface area contributed by atoms with Crippen LogP contribution in [0.3, 0.4) is 0 Å². The molecule has 1 N–H and O–H groups in total. The lowest BCUT2D eigenvalue weighted by Crippen LogP contribution is -2.20. The SMILES string of the molecule is Cc1ccc(/C=C/C(=O)OCC(=O)Nc2cccnc2Cl)c(Br)c1. The molecule has 0 saturated heterocycles. The van der Waals surface area contributed by atoms with Crippen LogP contribution < -0.4 is 5.32 Å². The van der Waals surface area contributed by atoms with E-state index in [0.717, 1.165) is 15.6 Å². The Morgan fingerprint density at radius 3 is 2.88 bits per heavy atom. The summed E-state index contributed by atoms with van der Waals surface area (Å²) in [6, 6.07) is 8.98. The number of nitrogens with zero attached hydrogens (tertiary/aromatic N) is 1. The first-order chi connectivity index (χ1) is 11.5. The largest absolute Gasteiger partial charge is 0.452 e. The van der Waals surface area contributed by atoms with Crippen molar-refractivity contribution in [3.63, 3.8) is 0 Å². The maximum Gasteiger partial charge on any atom is 0.331 e. The number of rotatable bonds is 5. The van der Waals surface area contributed by atoms with E-state index in [1.165, 1.54) is 12.3 Å². The molecule has 0 fully saturated rings. The molecule has 1 aromatic heterocycles. The van der Waals surface area contributed by atoms with E-state index < -0.39 is 18.5 Å². The highest BCUT2D eigenvalue weighted by Gasteiger charge is 2.08. The van der Waals surface area contributed by atoms with E-state index in [9.17, 15) is 9.59 Å². The summed E-state index contributed by atoms with van der Waals surface area (Å²) in [6.07, 6.45) is 4.38. The average Bonchev–Trinajstić information content (AvgIpc) is 2.54. The van der Waals surface area contributed by atoms with Crippen molar-refractivity contribution >= 4 is 51.2 Å². The van der Waals surface area contributed by atoms with Gasteiger partial charge in [0.25, 0.3) is 5.91 Å². The topological polar surface area (TPSA) is 68.3 Å². The number of nitrogens with one attached hydrogen (secondary N) is 1. The number of carbonyl (C=O) groups is 2. The van der Waals surface area contributed by atoms with Gasteiger partial charge in [-0.3, -0.25) is 4.79 Å². The Kier molecular flexibility index (Phi) is 6.52. The molecule has 0 aliphatic heterocycles. The summed E-state index contributed by atoms with van der Waals surface area (Å²) in [6.45, 7) is 1.56. The van der Waals surface area contributed by atoms with Gasteiger partial charge in [0.1, 0.15) is 0 Å². The third-order valence-corrected chi connectivity index (χ3v) is 3.92. The van der Waals surface area contributed by atoms with Crippen LogP contribution in [0.15, 0.2) is 47.1 Å². The molecular weight excluding hydrogens is 396 g/mol. The minimum absolute atomic E-state index is 0.168. The highest BCUT2D eigenvalue weighted by Crippen LogP contribution is 2.19. The average molecular weight is 410 g/mol. The van der Waals surface area contributed by atoms with Gasteiger partial charge in [-0.25, -0.2) is 9.78 Å². The normalized spacial score (nSPS) is 10.6. The molecule has 0 unspecified atom stereocenters. The highest BCUT2D eigenvalue weighted by atomic mass is 79.9. The summed E-state index contributed by atoms with van der Waals surface area (Å²) in [5, 5.41) is 2.68. The first-order valence-corrected chi connectivity index (χ1v) is 8.14. The predicted molar refractivity (Wildman–Crippen MR) is 96.7 cm³/mol. The molecule has 24 heavy (non-hydrogen) atoms. The van der Waals surface area contributed by atoms with E-state index in [-0.39, 0.29) is 5.15 Å². The molecule has 0 aliphatic rings. The summed E-state index contributed by atoms with van der Waals surface area (Å²) >= 11 is 9.24. The molecule has 2 aromatic rings. The number of carbonyl (C=O) groups excluding carboxylic acids is 2. The minimum atomic E-state index is -0.616. The molecule has 5 nitrogen and oxygen atoms in total. The monoisotopic (exact) mass is 408 g/mol. The first-order valence-electron chi connectivity index (χ1n) is 6.97. The fraction of sp³-hybridized carbons (Fsp3) is 0.118. The second-order valence-electron chi connectivity index (χ2n) is 4.86. The molecule has 0 atom stereocenters. The van der Waals surface area contributed by atoms with Crippen molar-refractivity contribution in [2.75, 3.05) is 11.9 Å². The zero-order chi connectivity index (χ0) is 17.5. The van der Waals surface area contributed by atoms with E-state index in [1.807, 2.05) is 25.1 Å². The molecule has 1 amide bonds. The van der Waals surface area contributed by atoms with Crippen molar-refractivity contribution in [3.05, 3.63) is 63.4 Å². The van der Waals surface area contributed by atoms with E-state index >= 15 is 0 Å². The van der Waals surface area contributed by atoms with Crippen molar-refractivity contribution in [2.45, 2.75) is 6.92 Å². The lowest BCUT2D eigenvalue weighted by molar-refractivity contribution is -0.142. The van der Waals surface area contributed by atoms with E-state index in [4.69, 9.17) is 16.3 Å². The van der Waals surface area contributed by atoms with Gasteiger partial charge in [-0.05, 0) is 42.3 Å². The van der Waals surface area contributed by atoms with Crippen LogP contribution in [-0.2, 0) is 14.3 Å². The van der Waals surface area contributed by atoms with Gasteiger partial charge in [-0.1, -0.05) is 39.7 Å². The number of pyridine rings is 1. The molecule has 0 aliphatic carbocycles. The van der Waals surface area contributed by atoms with Gasteiger partial charge in [-0.2, -0.15) is 0 Å². The first kappa shape index (κ1) is 18.2. The Hall–Kier alpha value is -2.18. The number of benzene rings is 1. The van der Waals surface area contributed by atoms with Gasteiger partial charge in [0.05, 0.1) is 5.69 Å². The fourth-order valence-corrected chi connectivity index (χ4v) is 2.57. The lowest BCUT2D eigenvalue weighted by Gasteiger charge is -2.06. The molecular formula is C17H14BrClN2O3. The number of aromatic nitrogens is 1. The summed E-state index contributed by atoms with van der Waals surface area (Å²) in [5.74, 6) is -1.11. The molecule has 1 aromatic carbocycles. The number of aryl methyl sites for hydroxylation is 1. The van der Waals surface area contributed by atoms with Crippen molar-refractivity contribution in [1.82, 2.24) is 4.98 Å². The maximum atomic E-state index is 11.7. The summed E-state index contributed by atoms with van der Waals surface area (Å²) < 4.78 is 5.76. The summed E-state index contributed by atoms with van der Waals surface area (Å²) in [7, 11) is 0. The van der Waals surface area contributed by atoms with E-state index in [2.05, 4.69) is 26.2 Å². The highest BCUT2D eigenvalue weighted by molar-refractivity contribution is 9.10. The van der Waals surface area contributed by atoms with Gasteiger partial charge < -0.3 is 10.1 Å². The third kappa shape index (κ3) is 5.47. The van der Waals surface area contributed by atoms with Gasteiger partial charge >= 0.3 is 5.97 Å². The number of anilines is 1. The van der Waals surface area contributed by atoms with Crippen molar-refractivity contribution in [2.24, 2.45) is 0 Å². The smallest absolute Gasteiger partial charge is 0.331 e. The fourth-order valence-electron chi connectivity index (χ4n) is 1.78. The molecule has 0 saturated carbocycles. The lowest BCUT2D eigenvalue weighted by atomic mass is 10.1. The Morgan fingerprint density at radius 2 is 2.17 bits per heavy atom. The summed E-state index contributed by atoms with van der Waals surface area (Å²) in [4.78, 5) is 27.2. The van der Waals surface area contributed by atoms with Crippen LogP contribution in [0.25, 0.3) is 6.08 Å². The van der Waals surface area contributed by atoms with E-state index in [1.54, 1.807) is 18.2 Å². The van der Waals surface area contributed by atoms with Crippen LogP contribution in [0, 0.1) is 6.92 Å². The molecule has 2 rings (SSSR count). The molecule has 0 radical (unpaired) electrons. The molecule has 0 spiro atoms. The number of amides is 1. The van der Waals surface area contributed by atoms with Gasteiger partial charge in [0, 0.05) is 16.7 Å². The van der Waals surface area contributed by atoms with Crippen molar-refractivity contribution < 1.29 is 14.3 Å². The minimum Gasteiger partial charge on any atom is -0.452 e. The molecule has 1 heterocycles. The van der Waals surface area contributed by atoms with Crippen LogP contribution >= 0.6 is 27.5 Å². The second kappa shape index (κ2) is 8.61. The second-order valence-corrected chi connectivity index (χ2v) is 6.07. The number of halogens is 2. The zero-order valence-corrected chi connectivity index (χ0v) is 15.1. The molecule has 0 bridgehead atoms. The van der Waals surface area contributed by atoms with Gasteiger partial charge in [-0.15, -0.1) is 0 Å². The zero-order valence-electron chi connectivity index (χ0n) is 12.8. The summed E-state index contributed by atoms with van der Waals surface area (Å²) in [5.41, 5.74) is 2.30. The standard InChI is InChI=1S/C17H14BrClN2O3/c1-11-4-5-12(13(18)9-11)6-7-16(23)24-10-15(22)21-14-3-2-8-20-17(14)19/h2-9H,10H2,1H3,(H,21,22)/b7-6+. The Balaban J connectivity index is 1.85. The quantitative estimate of drug-likeness (QED) is 0.460. The Morgan fingerprint density at radius 1 is 1.38 bits per heavy atom. The Bertz CT molecular complexity index is 793. The maximum absolute atomic E-state index is 11.7. The van der Waals surface area contributed by atoms with Gasteiger partial charge in [0.15, 0.2) is 11.8 Å². The number of hydrogen-bond acceptors (Lipinski definition) is 4. The van der Waals surface area contributed by atoms with Crippen LogP contribution in [0.1, 0.15) is 11.1 Å². The van der Waals surface area contributed by atoms with Crippen LogP contribution in [-0.4, -0.2) is 23.5 Å². The molecule has 124 valence electrons. The molecule has 7 heteroatoms. The van der Waals surface area contributed by atoms with Crippen molar-refractivity contribution in [3.8, 4) is 0 Å². The Labute approximate surface area is 152 Å². The predicted octanol–water partition coefficient (Wildman–Crippen LogP) is 4.00. The van der Waals surface area contributed by atoms with Crippen LogP contribution in [0.2, 0.25) is 5.15 Å². The van der Waals surface area contributed by atoms with E-state index in [0.29, 0.717) is 5.69 Å². The van der Waals surface area contributed by atoms with Crippen molar-refractivity contribution in [1.29, 1.82) is 0 Å². The van der Waals surface area contributed by atoms with Gasteiger partial charge in [0.2, 0.25) is 0 Å². The van der Waals surface area contributed by atoms with Crippen LogP contribution in [0.5, 0.6) is 0 Å². The number of esters is 1. The number of ether oxygens (including phenoxy) is 1. The number of hydrogen-bond donors (Lipinski definition) is 1.